The highest BCUT2D eigenvalue weighted by molar-refractivity contribution is 6.82. The van der Waals surface area contributed by atoms with Crippen molar-refractivity contribution < 1.29 is 13.0 Å². The van der Waals surface area contributed by atoms with E-state index in [1.807, 2.05) is 0 Å². The lowest BCUT2D eigenvalue weighted by Gasteiger charge is -2.39. The Morgan fingerprint density at radius 3 is 1.12 bits per heavy atom. The van der Waals surface area contributed by atoms with Crippen LogP contribution in [0, 0.1) is 0 Å². The Kier molecular flexibility index (Phi) is 7.60. The molecule has 0 aliphatic heterocycles. The average Bonchev–Trinajstić information content (AvgIpc) is 3.02. The van der Waals surface area contributed by atoms with Crippen LogP contribution >= 0.6 is 0 Å². The van der Waals surface area contributed by atoms with Gasteiger partial charge in [0.2, 0.25) is 0 Å². The first kappa shape index (κ1) is 27.5. The van der Waals surface area contributed by atoms with Crippen LogP contribution in [0.5, 0.6) is 11.5 Å². The van der Waals surface area contributed by atoms with E-state index >= 15 is 0 Å². The first-order valence-electron chi connectivity index (χ1n) is 14.9. The second-order valence-corrected chi connectivity index (χ2v) is 18.6. The highest BCUT2D eigenvalue weighted by Gasteiger charge is 2.48. The van der Waals surface area contributed by atoms with Gasteiger partial charge in [-0.15, -0.1) is 0 Å². The van der Waals surface area contributed by atoms with Crippen LogP contribution in [0.2, 0.25) is 24.2 Å². The lowest BCUT2D eigenvalue weighted by Crippen LogP contribution is -2.57. The minimum atomic E-state index is -2.67. The third-order valence-electron chi connectivity index (χ3n) is 8.53. The molecule has 0 saturated heterocycles. The van der Waals surface area contributed by atoms with Crippen LogP contribution < -0.4 is 8.85 Å². The summed E-state index contributed by atoms with van der Waals surface area (Å²) in [7, 11) is -5.35. The van der Waals surface area contributed by atoms with Crippen LogP contribution in [-0.2, 0) is 4.12 Å². The maximum absolute atomic E-state index is 7.34. The fourth-order valence-electron chi connectivity index (χ4n) is 5.91. The minimum Gasteiger partial charge on any atom is -0.520 e. The van der Waals surface area contributed by atoms with E-state index in [0.29, 0.717) is 0 Å². The fraction of sp³-hybridized carbons (Fsp3) is 0.222. The molecule has 0 bridgehead atoms. The van der Waals surface area contributed by atoms with Gasteiger partial charge in [0.25, 0.3) is 0 Å². The van der Waals surface area contributed by atoms with Crippen LogP contribution in [0.3, 0.4) is 0 Å². The molecule has 0 radical (unpaired) electrons. The summed E-state index contributed by atoms with van der Waals surface area (Å²) in [4.78, 5) is 0. The lowest BCUT2D eigenvalue weighted by molar-refractivity contribution is 0.313. The minimum absolute atomic E-state index is 0.853. The lowest BCUT2D eigenvalue weighted by atomic mass is 10.0. The topological polar surface area (TPSA) is 27.7 Å². The predicted molar refractivity (Wildman–Crippen MR) is 179 cm³/mol. The molecule has 208 valence electrons. The average molecular weight is 575 g/mol. The van der Waals surface area contributed by atoms with Crippen LogP contribution in [0.1, 0.15) is 27.7 Å². The maximum Gasteiger partial charge on any atom is 0.390 e. The first-order valence-corrected chi connectivity index (χ1v) is 19.4. The predicted octanol–water partition coefficient (Wildman–Crippen LogP) is 10.7. The Bertz CT molecular complexity index is 1710. The summed E-state index contributed by atoms with van der Waals surface area (Å²) >= 11 is 0. The first-order chi connectivity index (χ1) is 20.0. The number of hydrogen-bond acceptors (Lipinski definition) is 3. The van der Waals surface area contributed by atoms with Crippen molar-refractivity contribution in [3.63, 3.8) is 0 Å². The summed E-state index contributed by atoms with van der Waals surface area (Å²) in [6.07, 6.45) is 0. The van der Waals surface area contributed by atoms with Gasteiger partial charge in [-0.2, -0.15) is 0 Å². The van der Waals surface area contributed by atoms with Gasteiger partial charge in [0, 0.05) is 10.8 Å². The van der Waals surface area contributed by atoms with E-state index in [1.54, 1.807) is 0 Å². The molecule has 0 unspecified atom stereocenters. The molecule has 0 amide bonds. The van der Waals surface area contributed by atoms with Crippen molar-refractivity contribution in [1.29, 1.82) is 0 Å². The molecule has 0 spiro atoms. The summed E-state index contributed by atoms with van der Waals surface area (Å²) in [5, 5.41) is 9.55. The summed E-state index contributed by atoms with van der Waals surface area (Å²) < 4.78 is 21.5. The molecule has 6 aromatic rings. The molecule has 6 aromatic carbocycles. The third kappa shape index (κ3) is 5.26. The summed E-state index contributed by atoms with van der Waals surface area (Å²) in [6, 6.07) is 42.2. The molecule has 5 heteroatoms. The number of benzene rings is 6. The molecule has 0 aromatic heterocycles. The summed E-state index contributed by atoms with van der Waals surface area (Å²) in [6.45, 7) is 8.85. The fourth-order valence-corrected chi connectivity index (χ4v) is 14.0. The number of fused-ring (bicyclic) bond motifs is 4. The molecule has 0 atom stereocenters. The van der Waals surface area contributed by atoms with Crippen LogP contribution in [0.25, 0.3) is 43.1 Å². The van der Waals surface area contributed by atoms with E-state index in [9.17, 15) is 0 Å². The maximum atomic E-state index is 7.34. The molecule has 0 aliphatic rings. The van der Waals surface area contributed by atoms with Crippen molar-refractivity contribution in [2.45, 2.75) is 51.9 Å². The van der Waals surface area contributed by atoms with Gasteiger partial charge < -0.3 is 13.0 Å². The zero-order valence-corrected chi connectivity index (χ0v) is 26.4. The molecule has 3 nitrogen and oxygen atoms in total. The summed E-state index contributed by atoms with van der Waals surface area (Å²) in [5.41, 5.74) is 0. The summed E-state index contributed by atoms with van der Waals surface area (Å²) in [5.74, 6) is 1.82. The molecule has 0 heterocycles. The molecule has 0 aliphatic carbocycles. The second kappa shape index (κ2) is 11.3. The molecule has 41 heavy (non-hydrogen) atoms. The quantitative estimate of drug-likeness (QED) is 0.120. The Hall–Kier alpha value is -3.65. The normalized spacial score (nSPS) is 12.4. The third-order valence-corrected chi connectivity index (χ3v) is 17.0. The van der Waals surface area contributed by atoms with Gasteiger partial charge in [-0.1, -0.05) is 100 Å². The van der Waals surface area contributed by atoms with Crippen LogP contribution in [0.15, 0.2) is 109 Å². The van der Waals surface area contributed by atoms with Gasteiger partial charge in [-0.25, -0.2) is 0 Å². The van der Waals surface area contributed by atoms with Crippen LogP contribution in [0.4, 0.5) is 0 Å². The van der Waals surface area contributed by atoms with Crippen molar-refractivity contribution in [2.24, 2.45) is 0 Å². The van der Waals surface area contributed by atoms with E-state index in [1.165, 1.54) is 32.3 Å². The highest BCUT2D eigenvalue weighted by Crippen LogP contribution is 2.38. The Morgan fingerprint density at radius 2 is 0.756 bits per heavy atom. The molecular formula is C36H38O3Si2. The Labute approximate surface area is 245 Å². The van der Waals surface area contributed by atoms with Gasteiger partial charge >= 0.3 is 17.1 Å². The zero-order valence-electron chi connectivity index (χ0n) is 24.4. The van der Waals surface area contributed by atoms with E-state index < -0.39 is 17.1 Å². The van der Waals surface area contributed by atoms with Crippen molar-refractivity contribution in [3.05, 3.63) is 109 Å². The zero-order chi connectivity index (χ0) is 28.5. The van der Waals surface area contributed by atoms with Crippen LogP contribution in [-0.4, -0.2) is 17.1 Å². The smallest absolute Gasteiger partial charge is 0.390 e. The molecule has 0 N–H and O–H groups in total. The highest BCUT2D eigenvalue weighted by atomic mass is 28.5. The van der Waals surface area contributed by atoms with Gasteiger partial charge in [0.05, 0.1) is 0 Å². The van der Waals surface area contributed by atoms with E-state index in [2.05, 4.69) is 137 Å². The van der Waals surface area contributed by atoms with Gasteiger partial charge in [-0.05, 0) is 92.9 Å². The number of rotatable bonds is 10. The Balaban J connectivity index is 1.38. The molecule has 0 saturated carbocycles. The van der Waals surface area contributed by atoms with Crippen molar-refractivity contribution in [1.82, 2.24) is 0 Å². The van der Waals surface area contributed by atoms with Gasteiger partial charge in [-0.3, -0.25) is 0 Å². The van der Waals surface area contributed by atoms with Crippen molar-refractivity contribution >= 4 is 60.2 Å². The molecule has 0 fully saturated rings. The number of hydrogen-bond donors (Lipinski definition) is 0. The molecule has 6 rings (SSSR count). The van der Waals surface area contributed by atoms with Gasteiger partial charge in [0.1, 0.15) is 11.5 Å². The standard InChI is InChI=1S/C36H38O3Si2/c1-5-40(6-2,37-35-21-13-19-31-23-27-15-9-11-17-29(27)25-33(31)35)39-41(7-3,8-4)38-36-22-14-20-32-24-28-16-10-12-18-30(28)26-34(32)36/h9-26H,5-8H2,1-4H3. The SMILES string of the molecule is CC[Si](CC)(Oc1cccc2cc3ccccc3cc12)O[Si](CC)(CC)Oc1cccc2cc3ccccc3cc12. The monoisotopic (exact) mass is 574 g/mol. The van der Waals surface area contributed by atoms with Crippen molar-refractivity contribution in [3.8, 4) is 11.5 Å². The van der Waals surface area contributed by atoms with Crippen molar-refractivity contribution in [2.75, 3.05) is 0 Å². The van der Waals surface area contributed by atoms with E-state index in [4.69, 9.17) is 13.0 Å². The van der Waals surface area contributed by atoms with E-state index in [0.717, 1.165) is 46.4 Å². The van der Waals surface area contributed by atoms with E-state index in [-0.39, 0.29) is 0 Å². The molecular weight excluding hydrogens is 537 g/mol. The second-order valence-electron chi connectivity index (χ2n) is 10.9. The largest absolute Gasteiger partial charge is 0.520 e. The van der Waals surface area contributed by atoms with Gasteiger partial charge in [0.15, 0.2) is 0 Å². The Morgan fingerprint density at radius 1 is 0.415 bits per heavy atom.